The number of carbonyl (C=O) groups is 1. The first kappa shape index (κ1) is 18.4. The number of anilines is 1. The second-order valence-corrected chi connectivity index (χ2v) is 5.20. The number of phenolic OH excluding ortho intramolecular Hbond substituents is 1. The van der Waals surface area contributed by atoms with Crippen molar-refractivity contribution >= 4 is 11.7 Å². The molecule has 2 rings (SSSR count). The van der Waals surface area contributed by atoms with Crippen LogP contribution in [-0.4, -0.2) is 40.9 Å². The summed E-state index contributed by atoms with van der Waals surface area (Å²) >= 11 is 0. The number of ether oxygens (including phenoxy) is 1. The van der Waals surface area contributed by atoms with Gasteiger partial charge in [0.1, 0.15) is 5.75 Å². The van der Waals surface area contributed by atoms with Gasteiger partial charge in [-0.3, -0.25) is 0 Å². The Morgan fingerprint density at radius 1 is 1.28 bits per heavy atom. The number of hydrogen-bond donors (Lipinski definition) is 2. The molecule has 0 bridgehead atoms. The molecule has 1 heterocycles. The molecule has 1 aromatic carbocycles. The summed E-state index contributed by atoms with van der Waals surface area (Å²) in [4.78, 5) is 17.1. The van der Waals surface area contributed by atoms with Crippen molar-refractivity contribution < 1.29 is 27.8 Å². The third kappa shape index (κ3) is 5.87. The minimum atomic E-state index is -4.44. The summed E-state index contributed by atoms with van der Waals surface area (Å²) in [6, 6.07) is 8.76. The van der Waals surface area contributed by atoms with E-state index < -0.39 is 18.8 Å². The number of alkyl halides is 3. The lowest BCUT2D eigenvalue weighted by molar-refractivity contribution is -0.154. The van der Waals surface area contributed by atoms with Gasteiger partial charge in [0.05, 0.1) is 18.4 Å². The van der Waals surface area contributed by atoms with Gasteiger partial charge < -0.3 is 20.1 Å². The summed E-state index contributed by atoms with van der Waals surface area (Å²) in [5, 5.41) is 12.3. The molecule has 0 saturated heterocycles. The van der Waals surface area contributed by atoms with E-state index in [1.807, 2.05) is 0 Å². The molecule has 9 heteroatoms. The van der Waals surface area contributed by atoms with Crippen molar-refractivity contribution in [1.29, 1.82) is 0 Å². The van der Waals surface area contributed by atoms with E-state index in [4.69, 9.17) is 0 Å². The Morgan fingerprint density at radius 3 is 2.60 bits per heavy atom. The van der Waals surface area contributed by atoms with Gasteiger partial charge in [0.2, 0.25) is 5.88 Å². The van der Waals surface area contributed by atoms with E-state index in [0.29, 0.717) is 11.3 Å². The highest BCUT2D eigenvalue weighted by Crippen LogP contribution is 2.19. The van der Waals surface area contributed by atoms with Crippen LogP contribution in [0.5, 0.6) is 11.6 Å². The number of nitrogens with one attached hydrogen (secondary N) is 1. The third-order valence-corrected chi connectivity index (χ3v) is 3.12. The summed E-state index contributed by atoms with van der Waals surface area (Å²) in [5.74, 6) is -0.118. The van der Waals surface area contributed by atoms with Gasteiger partial charge in [-0.15, -0.1) is 0 Å². The number of aromatic hydroxyl groups is 1. The minimum Gasteiger partial charge on any atom is -0.508 e. The molecular weight excluding hydrogens is 339 g/mol. The number of halogens is 3. The Morgan fingerprint density at radius 2 is 2.00 bits per heavy atom. The van der Waals surface area contributed by atoms with Gasteiger partial charge in [-0.25, -0.2) is 9.78 Å². The normalized spacial score (nSPS) is 11.0. The van der Waals surface area contributed by atoms with Crippen LogP contribution in [0, 0.1) is 0 Å². The first-order valence-electron chi connectivity index (χ1n) is 7.19. The van der Waals surface area contributed by atoms with Crippen molar-refractivity contribution in [3.63, 3.8) is 0 Å². The van der Waals surface area contributed by atoms with Crippen molar-refractivity contribution in [2.24, 2.45) is 0 Å². The average Bonchev–Trinajstić information content (AvgIpc) is 2.55. The first-order chi connectivity index (χ1) is 11.7. The molecule has 0 unspecified atom stereocenters. The molecule has 25 heavy (non-hydrogen) atoms. The molecule has 0 radical (unpaired) electrons. The van der Waals surface area contributed by atoms with Crippen molar-refractivity contribution in [1.82, 2.24) is 9.88 Å². The van der Waals surface area contributed by atoms with Gasteiger partial charge in [0.25, 0.3) is 0 Å². The Labute approximate surface area is 141 Å². The van der Waals surface area contributed by atoms with Crippen molar-refractivity contribution in [2.45, 2.75) is 12.7 Å². The van der Waals surface area contributed by atoms with Crippen LogP contribution in [0.3, 0.4) is 0 Å². The smallest absolute Gasteiger partial charge is 0.422 e. The van der Waals surface area contributed by atoms with Gasteiger partial charge in [-0.2, -0.15) is 13.2 Å². The van der Waals surface area contributed by atoms with Crippen LogP contribution >= 0.6 is 0 Å². The van der Waals surface area contributed by atoms with Crippen molar-refractivity contribution in [3.05, 3.63) is 48.2 Å². The van der Waals surface area contributed by atoms with Gasteiger partial charge in [0.15, 0.2) is 6.61 Å². The highest BCUT2D eigenvalue weighted by Gasteiger charge is 2.28. The number of urea groups is 1. The number of pyridine rings is 1. The van der Waals surface area contributed by atoms with E-state index in [9.17, 15) is 23.1 Å². The van der Waals surface area contributed by atoms with Crippen LogP contribution in [0.4, 0.5) is 23.7 Å². The Kier molecular flexibility index (Phi) is 5.68. The standard InChI is InChI=1S/C16H16F3N3O3/c1-22(9-11-4-2-3-5-13(11)23)15(24)21-12-6-7-14(20-8-12)25-10-16(17,18)19/h2-8,23H,9-10H2,1H3,(H,21,24). The maximum atomic E-state index is 12.1. The quantitative estimate of drug-likeness (QED) is 0.862. The number of rotatable bonds is 5. The summed E-state index contributed by atoms with van der Waals surface area (Å²) in [7, 11) is 1.54. The molecule has 0 aliphatic heterocycles. The van der Waals surface area contributed by atoms with Crippen LogP contribution in [-0.2, 0) is 6.54 Å². The van der Waals surface area contributed by atoms with E-state index in [1.54, 1.807) is 18.2 Å². The highest BCUT2D eigenvalue weighted by atomic mass is 19.4. The van der Waals surface area contributed by atoms with Crippen LogP contribution in [0.1, 0.15) is 5.56 Å². The van der Waals surface area contributed by atoms with Crippen LogP contribution in [0.15, 0.2) is 42.6 Å². The molecule has 6 nitrogen and oxygen atoms in total. The topological polar surface area (TPSA) is 74.7 Å². The van der Waals surface area contributed by atoms with Gasteiger partial charge >= 0.3 is 12.2 Å². The fraction of sp³-hybridized carbons (Fsp3) is 0.250. The number of hydrogen-bond acceptors (Lipinski definition) is 4. The molecule has 0 aliphatic rings. The predicted molar refractivity (Wildman–Crippen MR) is 84.4 cm³/mol. The maximum Gasteiger partial charge on any atom is 0.422 e. The zero-order valence-electron chi connectivity index (χ0n) is 13.2. The minimum absolute atomic E-state index is 0.0787. The second kappa shape index (κ2) is 7.73. The van der Waals surface area contributed by atoms with E-state index in [1.165, 1.54) is 36.3 Å². The molecule has 134 valence electrons. The number of aromatic nitrogens is 1. The van der Waals surface area contributed by atoms with Crippen LogP contribution in [0.25, 0.3) is 0 Å². The lowest BCUT2D eigenvalue weighted by Crippen LogP contribution is -2.30. The lowest BCUT2D eigenvalue weighted by Gasteiger charge is -2.18. The number of phenols is 1. The Bertz CT molecular complexity index is 721. The molecule has 0 spiro atoms. The van der Waals surface area contributed by atoms with E-state index in [0.717, 1.165) is 0 Å². The number of para-hydroxylation sites is 1. The summed E-state index contributed by atoms with van der Waals surface area (Å²) in [6.07, 6.45) is -3.25. The fourth-order valence-electron chi connectivity index (χ4n) is 1.89. The van der Waals surface area contributed by atoms with Crippen LogP contribution in [0.2, 0.25) is 0 Å². The maximum absolute atomic E-state index is 12.1. The molecular formula is C16H16F3N3O3. The zero-order chi connectivity index (χ0) is 18.4. The van der Waals surface area contributed by atoms with Crippen molar-refractivity contribution in [3.8, 4) is 11.6 Å². The average molecular weight is 355 g/mol. The van der Waals surface area contributed by atoms with E-state index in [2.05, 4.69) is 15.0 Å². The molecule has 0 saturated carbocycles. The van der Waals surface area contributed by atoms with Gasteiger partial charge in [-0.1, -0.05) is 18.2 Å². The molecule has 0 aliphatic carbocycles. The van der Waals surface area contributed by atoms with Gasteiger partial charge in [0, 0.05) is 18.7 Å². The van der Waals surface area contributed by atoms with Crippen molar-refractivity contribution in [2.75, 3.05) is 19.0 Å². The Balaban J connectivity index is 1.90. The molecule has 1 aromatic heterocycles. The second-order valence-electron chi connectivity index (χ2n) is 5.20. The summed E-state index contributed by atoms with van der Waals surface area (Å²) in [6.45, 7) is -1.26. The highest BCUT2D eigenvalue weighted by molar-refractivity contribution is 5.88. The van der Waals surface area contributed by atoms with Gasteiger partial charge in [-0.05, 0) is 12.1 Å². The largest absolute Gasteiger partial charge is 0.508 e. The fourth-order valence-corrected chi connectivity index (χ4v) is 1.89. The summed E-state index contributed by atoms with van der Waals surface area (Å²) < 4.78 is 40.7. The number of carbonyl (C=O) groups excluding carboxylic acids is 1. The first-order valence-corrected chi connectivity index (χ1v) is 7.19. The molecule has 2 aromatic rings. The summed E-state index contributed by atoms with van der Waals surface area (Å²) in [5.41, 5.74) is 0.877. The zero-order valence-corrected chi connectivity index (χ0v) is 13.2. The lowest BCUT2D eigenvalue weighted by atomic mass is 10.2. The SMILES string of the molecule is CN(Cc1ccccc1O)C(=O)Nc1ccc(OCC(F)(F)F)nc1. The molecule has 0 fully saturated rings. The number of nitrogens with zero attached hydrogens (tertiary/aromatic N) is 2. The van der Waals surface area contributed by atoms with Crippen LogP contribution < -0.4 is 10.1 Å². The molecule has 2 amide bonds. The molecule has 0 atom stereocenters. The third-order valence-electron chi connectivity index (χ3n) is 3.12. The Hall–Kier alpha value is -2.97. The monoisotopic (exact) mass is 355 g/mol. The predicted octanol–water partition coefficient (Wildman–Crippen LogP) is 3.39. The van der Waals surface area contributed by atoms with E-state index >= 15 is 0 Å². The number of amides is 2. The number of benzene rings is 1. The van der Waals surface area contributed by atoms with E-state index in [-0.39, 0.29) is 18.2 Å². The molecule has 2 N–H and O–H groups in total.